The van der Waals surface area contributed by atoms with Crippen molar-refractivity contribution in [2.24, 2.45) is 0 Å². The van der Waals surface area contributed by atoms with E-state index >= 15 is 0 Å². The summed E-state index contributed by atoms with van der Waals surface area (Å²) in [7, 11) is 0. The lowest BCUT2D eigenvalue weighted by Gasteiger charge is -2.20. The lowest BCUT2D eigenvalue weighted by Crippen LogP contribution is -2.33. The van der Waals surface area contributed by atoms with E-state index in [9.17, 15) is 9.59 Å². The Morgan fingerprint density at radius 1 is 1.40 bits per heavy atom. The zero-order valence-electron chi connectivity index (χ0n) is 11.6. The molecule has 0 radical (unpaired) electrons. The zero-order valence-corrected chi connectivity index (χ0v) is 13.2. The summed E-state index contributed by atoms with van der Waals surface area (Å²) >= 11 is 7.15. The minimum atomic E-state index is -0.981. The van der Waals surface area contributed by atoms with Crippen LogP contribution < -0.4 is 5.32 Å². The number of benzene rings is 1. The number of nitrogens with one attached hydrogen (secondary N) is 1. The highest BCUT2D eigenvalue weighted by Crippen LogP contribution is 2.25. The number of hydrogen-bond donors (Lipinski definition) is 2. The molecule has 6 heteroatoms. The topological polar surface area (TPSA) is 66.4 Å². The number of halogens is 1. The summed E-state index contributed by atoms with van der Waals surface area (Å²) in [5.41, 5.74) is 0.838. The molecule has 20 heavy (non-hydrogen) atoms. The molecule has 1 atom stereocenters. The molecule has 0 saturated carbocycles. The van der Waals surface area contributed by atoms with Crippen molar-refractivity contribution in [3.63, 3.8) is 0 Å². The molecule has 2 N–H and O–H groups in total. The Labute approximate surface area is 127 Å². The molecule has 0 aromatic heterocycles. The van der Waals surface area contributed by atoms with Crippen LogP contribution in [0.5, 0.6) is 0 Å². The average Bonchev–Trinajstić information content (AvgIpc) is 2.36. The molecule has 0 aliphatic heterocycles. The maximum Gasteiger partial charge on any atom is 0.319 e. The van der Waals surface area contributed by atoms with Crippen LogP contribution in [0.1, 0.15) is 32.4 Å². The monoisotopic (exact) mass is 315 g/mol. The van der Waals surface area contributed by atoms with Gasteiger partial charge in [-0.1, -0.05) is 29.8 Å². The highest BCUT2D eigenvalue weighted by atomic mass is 35.5. The van der Waals surface area contributed by atoms with Gasteiger partial charge in [0.2, 0.25) is 5.91 Å². The number of carbonyl (C=O) groups is 2. The lowest BCUT2D eigenvalue weighted by atomic mass is 10.1. The Morgan fingerprint density at radius 3 is 2.55 bits per heavy atom. The van der Waals surface area contributed by atoms with Crippen molar-refractivity contribution in [2.45, 2.75) is 31.6 Å². The van der Waals surface area contributed by atoms with E-state index in [1.54, 1.807) is 19.9 Å². The second kappa shape index (κ2) is 6.99. The van der Waals surface area contributed by atoms with Gasteiger partial charge in [0, 0.05) is 5.02 Å². The van der Waals surface area contributed by atoms with E-state index in [0.717, 1.165) is 17.3 Å². The van der Waals surface area contributed by atoms with Gasteiger partial charge in [-0.3, -0.25) is 9.59 Å². The predicted molar refractivity (Wildman–Crippen MR) is 82.2 cm³/mol. The molecule has 0 aliphatic carbocycles. The van der Waals surface area contributed by atoms with Crippen LogP contribution in [0.3, 0.4) is 0 Å². The fraction of sp³-hybridized carbons (Fsp3) is 0.429. The number of carboxylic acids is 1. The summed E-state index contributed by atoms with van der Waals surface area (Å²) in [6.45, 7) is 4.99. The number of amides is 1. The smallest absolute Gasteiger partial charge is 0.319 e. The van der Waals surface area contributed by atoms with E-state index in [2.05, 4.69) is 5.32 Å². The van der Waals surface area contributed by atoms with E-state index < -0.39 is 10.7 Å². The van der Waals surface area contributed by atoms with E-state index in [4.69, 9.17) is 16.7 Å². The Kier molecular flexibility index (Phi) is 5.89. The predicted octanol–water partition coefficient (Wildman–Crippen LogP) is 3.11. The van der Waals surface area contributed by atoms with Crippen LogP contribution in [0.15, 0.2) is 24.3 Å². The standard InChI is InChI=1S/C14H18ClNO3S/c1-9(10-6-4-5-7-11(10)15)16-12(17)8-20-14(2,3)13(18)19/h4-7,9H,8H2,1-3H3,(H,16,17)(H,18,19). The minimum absolute atomic E-state index is 0.0914. The third-order valence-corrected chi connectivity index (χ3v) is 4.48. The van der Waals surface area contributed by atoms with Crippen molar-refractivity contribution in [2.75, 3.05) is 5.75 Å². The number of carbonyl (C=O) groups excluding carboxylic acids is 1. The Morgan fingerprint density at radius 2 is 2.00 bits per heavy atom. The third kappa shape index (κ3) is 4.72. The van der Waals surface area contributed by atoms with E-state index in [0.29, 0.717) is 5.02 Å². The summed E-state index contributed by atoms with van der Waals surface area (Å²) in [5.74, 6) is -1.06. The molecule has 1 aromatic rings. The molecule has 0 saturated heterocycles. The fourth-order valence-electron chi connectivity index (χ4n) is 1.49. The summed E-state index contributed by atoms with van der Waals surface area (Å²) < 4.78 is -0.981. The first kappa shape index (κ1) is 16.9. The molecule has 4 nitrogen and oxygen atoms in total. The minimum Gasteiger partial charge on any atom is -0.480 e. The van der Waals surface area contributed by atoms with Crippen molar-refractivity contribution in [3.05, 3.63) is 34.9 Å². The van der Waals surface area contributed by atoms with Gasteiger partial charge < -0.3 is 10.4 Å². The van der Waals surface area contributed by atoms with E-state index in [-0.39, 0.29) is 17.7 Å². The first-order chi connectivity index (χ1) is 9.24. The van der Waals surface area contributed by atoms with Crippen molar-refractivity contribution in [3.8, 4) is 0 Å². The van der Waals surface area contributed by atoms with Gasteiger partial charge in [-0.2, -0.15) is 0 Å². The molecule has 0 heterocycles. The van der Waals surface area contributed by atoms with Gasteiger partial charge in [0.1, 0.15) is 4.75 Å². The number of carboxylic acid groups (broad SMARTS) is 1. The SMILES string of the molecule is CC(NC(=O)CSC(C)(C)C(=O)O)c1ccccc1Cl. The second-order valence-electron chi connectivity index (χ2n) is 4.91. The average molecular weight is 316 g/mol. The molecule has 1 aromatic carbocycles. The Bertz CT molecular complexity index is 505. The summed E-state index contributed by atoms with van der Waals surface area (Å²) in [6.07, 6.45) is 0. The molecule has 1 amide bonds. The molecule has 1 unspecified atom stereocenters. The van der Waals surface area contributed by atoms with Crippen LogP contribution in [0.4, 0.5) is 0 Å². The number of hydrogen-bond acceptors (Lipinski definition) is 3. The molecular formula is C14H18ClNO3S. The summed E-state index contributed by atoms with van der Waals surface area (Å²) in [6, 6.07) is 7.08. The molecule has 0 spiro atoms. The van der Waals surface area contributed by atoms with Crippen LogP contribution in [0, 0.1) is 0 Å². The molecule has 0 bridgehead atoms. The second-order valence-corrected chi connectivity index (χ2v) is 6.92. The molecule has 0 fully saturated rings. The van der Waals surface area contributed by atoms with Gasteiger partial charge in [0.25, 0.3) is 0 Å². The van der Waals surface area contributed by atoms with Gasteiger partial charge in [-0.05, 0) is 32.4 Å². The molecule has 1 rings (SSSR count). The Hall–Kier alpha value is -1.20. The number of thioether (sulfide) groups is 1. The zero-order chi connectivity index (χ0) is 15.3. The van der Waals surface area contributed by atoms with Gasteiger partial charge in [-0.15, -0.1) is 11.8 Å². The first-order valence-electron chi connectivity index (χ1n) is 6.15. The normalized spacial score (nSPS) is 12.8. The van der Waals surface area contributed by atoms with Crippen LogP contribution in [0.2, 0.25) is 5.02 Å². The highest BCUT2D eigenvalue weighted by molar-refractivity contribution is 8.01. The molecule has 0 aliphatic rings. The number of rotatable bonds is 6. The van der Waals surface area contributed by atoms with Crippen LogP contribution in [-0.4, -0.2) is 27.5 Å². The van der Waals surface area contributed by atoms with Crippen molar-refractivity contribution in [1.29, 1.82) is 0 Å². The largest absolute Gasteiger partial charge is 0.480 e. The van der Waals surface area contributed by atoms with Gasteiger partial charge in [0.05, 0.1) is 11.8 Å². The van der Waals surface area contributed by atoms with Crippen LogP contribution >= 0.6 is 23.4 Å². The maximum atomic E-state index is 11.8. The van der Waals surface area contributed by atoms with Crippen molar-refractivity contribution in [1.82, 2.24) is 5.32 Å². The first-order valence-corrected chi connectivity index (χ1v) is 7.51. The van der Waals surface area contributed by atoms with Crippen LogP contribution in [0.25, 0.3) is 0 Å². The van der Waals surface area contributed by atoms with Gasteiger partial charge in [0.15, 0.2) is 0 Å². The maximum absolute atomic E-state index is 11.8. The quantitative estimate of drug-likeness (QED) is 0.846. The summed E-state index contributed by atoms with van der Waals surface area (Å²) in [4.78, 5) is 22.8. The Balaban J connectivity index is 2.55. The lowest BCUT2D eigenvalue weighted by molar-refractivity contribution is -0.138. The van der Waals surface area contributed by atoms with E-state index in [1.165, 1.54) is 0 Å². The van der Waals surface area contributed by atoms with Crippen molar-refractivity contribution < 1.29 is 14.7 Å². The molecule has 110 valence electrons. The van der Waals surface area contributed by atoms with E-state index in [1.807, 2.05) is 25.1 Å². The number of aliphatic carboxylic acids is 1. The van der Waals surface area contributed by atoms with Gasteiger partial charge >= 0.3 is 5.97 Å². The fourth-order valence-corrected chi connectivity index (χ4v) is 2.49. The third-order valence-electron chi connectivity index (χ3n) is 2.83. The van der Waals surface area contributed by atoms with Crippen molar-refractivity contribution >= 4 is 35.2 Å². The summed E-state index contributed by atoms with van der Waals surface area (Å²) in [5, 5.41) is 12.4. The molecular weight excluding hydrogens is 298 g/mol. The van der Waals surface area contributed by atoms with Gasteiger partial charge in [-0.25, -0.2) is 0 Å². The van der Waals surface area contributed by atoms with Crippen LogP contribution in [-0.2, 0) is 9.59 Å². The highest BCUT2D eigenvalue weighted by Gasteiger charge is 2.28.